The first-order valence-electron chi connectivity index (χ1n) is 6.42. The van der Waals surface area contributed by atoms with Crippen molar-refractivity contribution in [2.75, 3.05) is 0 Å². The fourth-order valence-corrected chi connectivity index (χ4v) is 2.66. The van der Waals surface area contributed by atoms with Crippen molar-refractivity contribution in [3.05, 3.63) is 65.5 Å². The fraction of sp³-hybridized carbons (Fsp3) is 0.312. The maximum absolute atomic E-state index is 10.4. The average molecular weight is 239 g/mol. The van der Waals surface area contributed by atoms with Gasteiger partial charge in [0.15, 0.2) is 0 Å². The van der Waals surface area contributed by atoms with Gasteiger partial charge in [-0.05, 0) is 42.4 Å². The summed E-state index contributed by atoms with van der Waals surface area (Å²) in [7, 11) is 0. The zero-order valence-corrected chi connectivity index (χ0v) is 10.5. The molecular formula is C16H17NO. The van der Waals surface area contributed by atoms with E-state index in [4.69, 9.17) is 0 Å². The Bertz CT molecular complexity index is 538. The maximum atomic E-state index is 10.4. The molecule has 2 aromatic rings. The molecule has 0 spiro atoms. The Hall–Kier alpha value is -1.67. The van der Waals surface area contributed by atoms with Crippen molar-refractivity contribution in [2.24, 2.45) is 5.92 Å². The molecule has 2 heteroatoms. The van der Waals surface area contributed by atoms with Crippen molar-refractivity contribution in [1.29, 1.82) is 0 Å². The Kier molecular flexibility index (Phi) is 2.88. The van der Waals surface area contributed by atoms with Gasteiger partial charge in [-0.2, -0.15) is 0 Å². The summed E-state index contributed by atoms with van der Waals surface area (Å²) in [5.41, 5.74) is 3.24. The minimum Gasteiger partial charge on any atom is -0.386 e. The molecule has 1 heterocycles. The summed E-state index contributed by atoms with van der Waals surface area (Å²) < 4.78 is 0. The molecule has 0 aliphatic heterocycles. The lowest BCUT2D eigenvalue weighted by Gasteiger charge is -2.12. The first kappa shape index (κ1) is 11.4. The molecule has 92 valence electrons. The first-order chi connectivity index (χ1) is 8.77. The van der Waals surface area contributed by atoms with Crippen LogP contribution in [0.15, 0.2) is 48.7 Å². The van der Waals surface area contributed by atoms with E-state index < -0.39 is 6.10 Å². The molecule has 0 radical (unpaired) electrons. The van der Waals surface area contributed by atoms with Crippen LogP contribution in [0.2, 0.25) is 0 Å². The van der Waals surface area contributed by atoms with Crippen molar-refractivity contribution >= 4 is 0 Å². The highest BCUT2D eigenvalue weighted by Crippen LogP contribution is 2.53. The third-order valence-corrected chi connectivity index (χ3v) is 3.80. The van der Waals surface area contributed by atoms with Gasteiger partial charge in [-0.15, -0.1) is 0 Å². The van der Waals surface area contributed by atoms with Crippen LogP contribution in [0.4, 0.5) is 0 Å². The molecule has 2 nitrogen and oxygen atoms in total. The molecule has 1 aliphatic rings. The third kappa shape index (κ3) is 2.04. The highest BCUT2D eigenvalue weighted by molar-refractivity contribution is 5.29. The number of pyridine rings is 1. The number of hydrogen-bond donors (Lipinski definition) is 1. The predicted octanol–water partition coefficient (Wildman–Crippen LogP) is 3.23. The van der Waals surface area contributed by atoms with Gasteiger partial charge in [0, 0.05) is 6.20 Å². The molecule has 1 aromatic heterocycles. The van der Waals surface area contributed by atoms with Gasteiger partial charge in [0.05, 0.1) is 11.8 Å². The minimum absolute atomic E-state index is 0.320. The van der Waals surface area contributed by atoms with E-state index in [0.29, 0.717) is 11.8 Å². The molecule has 3 unspecified atom stereocenters. The normalized spacial score (nSPS) is 23.7. The second kappa shape index (κ2) is 4.54. The summed E-state index contributed by atoms with van der Waals surface area (Å²) in [6, 6.07) is 14.3. The Morgan fingerprint density at radius 1 is 1.17 bits per heavy atom. The summed E-state index contributed by atoms with van der Waals surface area (Å²) in [4.78, 5) is 4.32. The van der Waals surface area contributed by atoms with Gasteiger partial charge in [-0.25, -0.2) is 0 Å². The van der Waals surface area contributed by atoms with Crippen LogP contribution in [0.25, 0.3) is 0 Å². The Morgan fingerprint density at radius 2 is 1.94 bits per heavy atom. The minimum atomic E-state index is -0.434. The number of hydrogen-bond acceptors (Lipinski definition) is 2. The van der Waals surface area contributed by atoms with Gasteiger partial charge in [0.2, 0.25) is 0 Å². The van der Waals surface area contributed by atoms with Gasteiger partial charge < -0.3 is 5.11 Å². The summed E-state index contributed by atoms with van der Waals surface area (Å²) >= 11 is 0. The smallest absolute Gasteiger partial charge is 0.0996 e. The van der Waals surface area contributed by atoms with Crippen molar-refractivity contribution < 1.29 is 5.11 Å². The third-order valence-electron chi connectivity index (χ3n) is 3.80. The van der Waals surface area contributed by atoms with Crippen molar-refractivity contribution in [1.82, 2.24) is 4.98 Å². The van der Waals surface area contributed by atoms with E-state index in [-0.39, 0.29) is 0 Å². The lowest BCUT2D eigenvalue weighted by Crippen LogP contribution is -2.06. The van der Waals surface area contributed by atoms with Crippen LogP contribution < -0.4 is 0 Å². The van der Waals surface area contributed by atoms with Crippen LogP contribution >= 0.6 is 0 Å². The zero-order valence-electron chi connectivity index (χ0n) is 10.5. The largest absolute Gasteiger partial charge is 0.386 e. The van der Waals surface area contributed by atoms with Crippen LogP contribution in [-0.2, 0) is 0 Å². The van der Waals surface area contributed by atoms with Gasteiger partial charge in [-0.3, -0.25) is 4.98 Å². The lowest BCUT2D eigenvalue weighted by molar-refractivity contribution is 0.146. The molecule has 3 atom stereocenters. The van der Waals surface area contributed by atoms with Crippen LogP contribution in [0.5, 0.6) is 0 Å². The van der Waals surface area contributed by atoms with E-state index in [1.807, 2.05) is 25.1 Å². The summed E-state index contributed by atoms with van der Waals surface area (Å²) in [6.07, 6.45) is 2.38. The van der Waals surface area contributed by atoms with Crippen LogP contribution in [0.3, 0.4) is 0 Å². The number of rotatable bonds is 3. The molecule has 0 amide bonds. The summed E-state index contributed by atoms with van der Waals surface area (Å²) in [5, 5.41) is 10.4. The fourth-order valence-electron chi connectivity index (χ4n) is 2.66. The quantitative estimate of drug-likeness (QED) is 0.892. The lowest BCUT2D eigenvalue weighted by atomic mass is 10.0. The number of aliphatic hydroxyl groups excluding tert-OH is 1. The molecular weight excluding hydrogens is 222 g/mol. The second-order valence-electron chi connectivity index (χ2n) is 5.07. The van der Waals surface area contributed by atoms with E-state index in [1.165, 1.54) is 5.56 Å². The van der Waals surface area contributed by atoms with Crippen LogP contribution in [0.1, 0.15) is 35.3 Å². The van der Waals surface area contributed by atoms with Crippen LogP contribution in [0, 0.1) is 12.8 Å². The van der Waals surface area contributed by atoms with Crippen molar-refractivity contribution in [3.63, 3.8) is 0 Å². The van der Waals surface area contributed by atoms with Crippen molar-refractivity contribution in [2.45, 2.75) is 25.4 Å². The molecule has 3 rings (SSSR count). The maximum Gasteiger partial charge on any atom is 0.0996 e. The Balaban J connectivity index is 1.77. The number of aliphatic hydroxyl groups is 1. The van der Waals surface area contributed by atoms with E-state index >= 15 is 0 Å². The second-order valence-corrected chi connectivity index (χ2v) is 5.07. The SMILES string of the molecule is Cc1cccnc1C(O)C1CC1c1ccccc1. The van der Waals surface area contributed by atoms with Gasteiger partial charge in [0.25, 0.3) is 0 Å². The molecule has 1 N–H and O–H groups in total. The molecule has 1 fully saturated rings. The van der Waals surface area contributed by atoms with Crippen LogP contribution in [-0.4, -0.2) is 10.1 Å². The average Bonchev–Trinajstić information content (AvgIpc) is 3.20. The van der Waals surface area contributed by atoms with Gasteiger partial charge in [0.1, 0.15) is 0 Å². The highest BCUT2D eigenvalue weighted by atomic mass is 16.3. The monoisotopic (exact) mass is 239 g/mol. The number of aryl methyl sites for hydroxylation is 1. The number of benzene rings is 1. The van der Waals surface area contributed by atoms with E-state index in [2.05, 4.69) is 29.2 Å². The Labute approximate surface area is 107 Å². The topological polar surface area (TPSA) is 33.1 Å². The molecule has 1 aromatic carbocycles. The zero-order chi connectivity index (χ0) is 12.5. The van der Waals surface area contributed by atoms with E-state index in [1.54, 1.807) is 6.20 Å². The standard InChI is InChI=1S/C16H17NO/c1-11-6-5-9-17-15(11)16(18)14-10-13(14)12-7-3-2-4-8-12/h2-9,13-14,16,18H,10H2,1H3. The van der Waals surface area contributed by atoms with Gasteiger partial charge >= 0.3 is 0 Å². The molecule has 0 saturated heterocycles. The van der Waals surface area contributed by atoms with Crippen molar-refractivity contribution in [3.8, 4) is 0 Å². The number of nitrogens with zero attached hydrogens (tertiary/aromatic N) is 1. The van der Waals surface area contributed by atoms with E-state index in [0.717, 1.165) is 17.7 Å². The molecule has 18 heavy (non-hydrogen) atoms. The summed E-state index contributed by atoms with van der Waals surface area (Å²) in [6.45, 7) is 2.01. The molecule has 1 aliphatic carbocycles. The molecule has 0 bridgehead atoms. The van der Waals surface area contributed by atoms with E-state index in [9.17, 15) is 5.11 Å². The van der Waals surface area contributed by atoms with Gasteiger partial charge in [-0.1, -0.05) is 36.4 Å². The Morgan fingerprint density at radius 3 is 2.67 bits per heavy atom. The molecule has 1 saturated carbocycles. The predicted molar refractivity (Wildman–Crippen MR) is 71.2 cm³/mol. The summed E-state index contributed by atoms with van der Waals surface area (Å²) in [5.74, 6) is 0.809. The first-order valence-corrected chi connectivity index (χ1v) is 6.42. The number of aromatic nitrogens is 1. The highest BCUT2D eigenvalue weighted by Gasteiger charge is 2.44.